The molecule has 2 rings (SSSR count). The van der Waals surface area contributed by atoms with Crippen LogP contribution >= 0.6 is 0 Å². The van der Waals surface area contributed by atoms with E-state index in [4.69, 9.17) is 9.84 Å². The minimum absolute atomic E-state index is 0.349. The number of benzene rings is 1. The molecular weight excluding hydrogens is 230 g/mol. The highest BCUT2D eigenvalue weighted by Gasteiger charge is 2.23. The number of carboxylic acid groups (broad SMARTS) is 1. The lowest BCUT2D eigenvalue weighted by atomic mass is 10.1. The van der Waals surface area contributed by atoms with Gasteiger partial charge in [-0.25, -0.2) is 4.79 Å². The third-order valence-electron chi connectivity index (χ3n) is 2.63. The minimum Gasteiger partial charge on any atom is -0.479 e. The number of anilines is 1. The van der Waals surface area contributed by atoms with Crippen LogP contribution in [0.5, 0.6) is 0 Å². The molecule has 1 aliphatic heterocycles. The van der Waals surface area contributed by atoms with E-state index in [-0.39, 0.29) is 0 Å². The molecule has 2 N–H and O–H groups in total. The Kier molecular flexibility index (Phi) is 3.79. The lowest BCUT2D eigenvalue weighted by molar-refractivity contribution is -0.147. The third-order valence-corrected chi connectivity index (χ3v) is 2.63. The van der Waals surface area contributed by atoms with E-state index in [2.05, 4.69) is 5.32 Å². The Balaban J connectivity index is 2.29. The first-order valence-corrected chi connectivity index (χ1v) is 5.81. The summed E-state index contributed by atoms with van der Waals surface area (Å²) in [6.45, 7) is 2.12. The molecule has 0 spiro atoms. The van der Waals surface area contributed by atoms with E-state index >= 15 is 0 Å². The number of hydrogen-bond acceptors (Lipinski definition) is 3. The molecule has 0 aromatic heterocycles. The molecule has 1 aliphatic rings. The quantitative estimate of drug-likeness (QED) is 0.855. The number of ether oxygens (including phenoxy) is 1. The maximum atomic E-state index is 11.2. The Morgan fingerprint density at radius 1 is 1.44 bits per heavy atom. The molecule has 0 saturated heterocycles. The maximum Gasteiger partial charge on any atom is 0.339 e. The second-order valence-corrected chi connectivity index (χ2v) is 3.87. The van der Waals surface area contributed by atoms with Crippen LogP contribution in [0.4, 0.5) is 5.69 Å². The topological polar surface area (TPSA) is 58.6 Å². The molecule has 4 nitrogen and oxygen atoms in total. The predicted molar refractivity (Wildman–Crippen MR) is 70.2 cm³/mol. The summed E-state index contributed by atoms with van der Waals surface area (Å²) >= 11 is 0. The molecule has 1 unspecified atom stereocenters. The number of carbonyl (C=O) groups is 1. The van der Waals surface area contributed by atoms with E-state index in [1.807, 2.05) is 36.4 Å². The number of rotatable bonds is 4. The Morgan fingerprint density at radius 3 is 2.94 bits per heavy atom. The molecule has 0 aliphatic carbocycles. The maximum absolute atomic E-state index is 11.2. The Hall–Kier alpha value is -2.07. The van der Waals surface area contributed by atoms with Crippen molar-refractivity contribution in [3.05, 3.63) is 47.7 Å². The van der Waals surface area contributed by atoms with Crippen LogP contribution in [0.15, 0.2) is 42.1 Å². The van der Waals surface area contributed by atoms with Crippen molar-refractivity contribution in [1.29, 1.82) is 0 Å². The van der Waals surface area contributed by atoms with Crippen LogP contribution < -0.4 is 5.32 Å². The monoisotopic (exact) mass is 245 g/mol. The summed E-state index contributed by atoms with van der Waals surface area (Å²) in [5.74, 6) is -0.997. The molecule has 18 heavy (non-hydrogen) atoms. The lowest BCUT2D eigenvalue weighted by Gasteiger charge is -2.18. The number of para-hydroxylation sites is 1. The zero-order valence-electron chi connectivity index (χ0n) is 10.1. The van der Waals surface area contributed by atoms with Crippen molar-refractivity contribution in [2.75, 3.05) is 11.9 Å². The molecule has 1 heterocycles. The van der Waals surface area contributed by atoms with Crippen LogP contribution in [0.2, 0.25) is 0 Å². The number of allylic oxidation sites excluding steroid dienone is 2. The summed E-state index contributed by atoms with van der Waals surface area (Å²) in [5.41, 5.74) is 2.43. The van der Waals surface area contributed by atoms with Gasteiger partial charge in [0.1, 0.15) is 0 Å². The first-order chi connectivity index (χ1) is 8.72. The fourth-order valence-electron chi connectivity index (χ4n) is 1.82. The van der Waals surface area contributed by atoms with Crippen molar-refractivity contribution in [2.24, 2.45) is 0 Å². The second kappa shape index (κ2) is 5.51. The first kappa shape index (κ1) is 12.4. The Labute approximate surface area is 106 Å². The van der Waals surface area contributed by atoms with Gasteiger partial charge in [-0.3, -0.25) is 0 Å². The van der Waals surface area contributed by atoms with Gasteiger partial charge >= 0.3 is 5.97 Å². The average Bonchev–Trinajstić information content (AvgIpc) is 2.57. The van der Waals surface area contributed by atoms with Crippen LogP contribution in [0.25, 0.3) is 6.08 Å². The molecular formula is C14H15NO3. The van der Waals surface area contributed by atoms with E-state index in [1.54, 1.807) is 13.0 Å². The minimum atomic E-state index is -0.997. The molecule has 0 fully saturated rings. The Morgan fingerprint density at radius 2 is 2.22 bits per heavy atom. The van der Waals surface area contributed by atoms with Gasteiger partial charge in [0.25, 0.3) is 0 Å². The summed E-state index contributed by atoms with van der Waals surface area (Å²) in [5, 5.41) is 12.3. The van der Waals surface area contributed by atoms with Gasteiger partial charge in [-0.15, -0.1) is 0 Å². The molecule has 4 heteroatoms. The molecule has 0 bridgehead atoms. The van der Waals surface area contributed by atoms with Gasteiger partial charge in [-0.05, 0) is 24.6 Å². The number of hydrogen-bond donors (Lipinski definition) is 2. The largest absolute Gasteiger partial charge is 0.479 e. The second-order valence-electron chi connectivity index (χ2n) is 3.87. The van der Waals surface area contributed by atoms with Crippen LogP contribution in [0.1, 0.15) is 12.5 Å². The number of fused-ring (bicyclic) bond motifs is 1. The van der Waals surface area contributed by atoms with Gasteiger partial charge in [0, 0.05) is 12.3 Å². The fourth-order valence-corrected chi connectivity index (χ4v) is 1.82. The highest BCUT2D eigenvalue weighted by molar-refractivity contribution is 5.80. The summed E-state index contributed by atoms with van der Waals surface area (Å²) < 4.78 is 5.25. The predicted octanol–water partition coefficient (Wildman–Crippen LogP) is 2.50. The van der Waals surface area contributed by atoms with Crippen molar-refractivity contribution in [1.82, 2.24) is 0 Å². The third kappa shape index (κ3) is 2.60. The van der Waals surface area contributed by atoms with E-state index in [0.29, 0.717) is 12.3 Å². The smallest absolute Gasteiger partial charge is 0.339 e. The van der Waals surface area contributed by atoms with Gasteiger partial charge in [0.2, 0.25) is 0 Å². The fraction of sp³-hybridized carbons (Fsp3) is 0.214. The van der Waals surface area contributed by atoms with Crippen molar-refractivity contribution in [3.8, 4) is 0 Å². The SMILES string of the molecule is CCOC(C(=O)O)C1=CC=Cc2ccccc2N1. The lowest BCUT2D eigenvalue weighted by Crippen LogP contribution is -2.29. The summed E-state index contributed by atoms with van der Waals surface area (Å²) in [6.07, 6.45) is 4.52. The van der Waals surface area contributed by atoms with Crippen molar-refractivity contribution in [2.45, 2.75) is 13.0 Å². The number of nitrogens with one attached hydrogen (secondary N) is 1. The molecule has 94 valence electrons. The molecule has 0 amide bonds. The Bertz CT molecular complexity index is 506. The van der Waals surface area contributed by atoms with Crippen molar-refractivity contribution < 1.29 is 14.6 Å². The number of aliphatic carboxylic acids is 1. The van der Waals surface area contributed by atoms with Crippen molar-refractivity contribution in [3.63, 3.8) is 0 Å². The van der Waals surface area contributed by atoms with Gasteiger partial charge in [-0.2, -0.15) is 0 Å². The van der Waals surface area contributed by atoms with Crippen LogP contribution in [0.3, 0.4) is 0 Å². The van der Waals surface area contributed by atoms with Gasteiger partial charge in [-0.1, -0.05) is 30.4 Å². The van der Waals surface area contributed by atoms with Crippen molar-refractivity contribution >= 4 is 17.7 Å². The highest BCUT2D eigenvalue weighted by Crippen LogP contribution is 2.23. The van der Waals surface area contributed by atoms with E-state index in [1.165, 1.54) is 0 Å². The van der Waals surface area contributed by atoms with Gasteiger partial charge < -0.3 is 15.2 Å². The molecule has 0 radical (unpaired) electrons. The molecule has 0 saturated carbocycles. The molecule has 1 aromatic rings. The van der Waals surface area contributed by atoms with E-state index < -0.39 is 12.1 Å². The summed E-state index contributed by atoms with van der Waals surface area (Å²) in [7, 11) is 0. The first-order valence-electron chi connectivity index (χ1n) is 5.81. The van der Waals surface area contributed by atoms with E-state index in [9.17, 15) is 4.79 Å². The summed E-state index contributed by atoms with van der Waals surface area (Å²) in [4.78, 5) is 11.2. The van der Waals surface area contributed by atoms with Gasteiger partial charge in [0.05, 0.1) is 5.70 Å². The van der Waals surface area contributed by atoms with Gasteiger partial charge in [0.15, 0.2) is 6.10 Å². The summed E-state index contributed by atoms with van der Waals surface area (Å²) in [6, 6.07) is 7.71. The standard InChI is InChI=1S/C14H15NO3/c1-2-18-13(14(16)17)12-9-5-7-10-6-3-4-8-11(10)15-12/h3-9,13,15H,2H2,1H3,(H,16,17). The highest BCUT2D eigenvalue weighted by atomic mass is 16.5. The average molecular weight is 245 g/mol. The zero-order chi connectivity index (χ0) is 13.0. The van der Waals surface area contributed by atoms with Crippen LogP contribution in [0, 0.1) is 0 Å². The van der Waals surface area contributed by atoms with E-state index in [0.717, 1.165) is 11.3 Å². The normalized spacial score (nSPS) is 15.1. The van der Waals surface area contributed by atoms with Crippen LogP contribution in [-0.2, 0) is 9.53 Å². The van der Waals surface area contributed by atoms with Crippen LogP contribution in [-0.4, -0.2) is 23.8 Å². The zero-order valence-corrected chi connectivity index (χ0v) is 10.1. The molecule has 1 atom stereocenters. The number of carboxylic acids is 1. The molecule has 1 aromatic carbocycles.